The molecule has 0 heterocycles. The zero-order chi connectivity index (χ0) is 63.0. The van der Waals surface area contributed by atoms with Crippen LogP contribution < -0.4 is 31.9 Å². The molecule has 26 heteroatoms. The molecule has 0 aromatic rings. The number of halogens is 3. The molecule has 84 heavy (non-hydrogen) atoms. The number of esters is 2. The Morgan fingerprint density at radius 1 is 0.440 bits per heavy atom. The van der Waals surface area contributed by atoms with Crippen LogP contribution >= 0.6 is 0 Å². The van der Waals surface area contributed by atoms with E-state index in [0.29, 0.717) is 69.6 Å². The molecule has 0 spiro atoms. The summed E-state index contributed by atoms with van der Waals surface area (Å²) in [4.78, 5) is 94.2. The first-order valence-electron chi connectivity index (χ1n) is 29.1. The standard InChI is InChI=1S/C30H51F2N3O9.C28H48FN3O8/c1-22(2)25(36)41-16-12-33-26(37)42-13-9-7-6-8-10-14-43-27(38)34-21-30(5)18-23(17-29(3,4)20-30)35-28(39)44-19-24(32)40-15-11-31;1-21(2)23(33)37-16-12-30-24(34)38-13-9-7-6-8-10-14-39-25(35)31-20-28(5)18-22(17-27(3,4)19-28)32-26(36)40-15-11-29/h23-24H,1,6-21H2,2-5H3,(H,33,37)(H,34,38)(H,35,39);22H,1,6-20H2,2-5H3,(H,30,34)(H,31,35)(H,32,36). The minimum absolute atomic E-state index is 0.0422. The molecule has 2 fully saturated rings. The van der Waals surface area contributed by atoms with Gasteiger partial charge in [-0.25, -0.2) is 51.5 Å². The molecule has 484 valence electrons. The van der Waals surface area contributed by atoms with Crippen LogP contribution in [0.3, 0.4) is 0 Å². The summed E-state index contributed by atoms with van der Waals surface area (Å²) in [5, 5.41) is 16.3. The lowest BCUT2D eigenvalue weighted by atomic mass is 9.62. The number of hydrogen-bond acceptors (Lipinski definition) is 17. The number of carbonyl (C=O) groups excluding carboxylic acids is 8. The van der Waals surface area contributed by atoms with Gasteiger partial charge >= 0.3 is 48.5 Å². The van der Waals surface area contributed by atoms with E-state index < -0.39 is 81.4 Å². The van der Waals surface area contributed by atoms with Crippen molar-refractivity contribution >= 4 is 48.5 Å². The van der Waals surface area contributed by atoms with Crippen molar-refractivity contribution in [2.24, 2.45) is 21.7 Å². The molecule has 5 atom stereocenters. The summed E-state index contributed by atoms with van der Waals surface area (Å²) in [6.45, 7) is 22.1. The highest BCUT2D eigenvalue weighted by Crippen LogP contribution is 2.47. The van der Waals surface area contributed by atoms with Crippen LogP contribution in [0.2, 0.25) is 0 Å². The molecule has 0 radical (unpaired) electrons. The van der Waals surface area contributed by atoms with Gasteiger partial charge < -0.3 is 74.5 Å². The highest BCUT2D eigenvalue weighted by molar-refractivity contribution is 5.87. The fourth-order valence-corrected chi connectivity index (χ4v) is 10.4. The lowest BCUT2D eigenvalue weighted by Crippen LogP contribution is -2.50. The van der Waals surface area contributed by atoms with E-state index in [2.05, 4.69) is 84.4 Å². The number of hydrogen-bond donors (Lipinski definition) is 6. The van der Waals surface area contributed by atoms with Crippen LogP contribution in [0.4, 0.5) is 41.9 Å². The lowest BCUT2D eigenvalue weighted by molar-refractivity contribution is -0.139. The Kier molecular flexibility index (Phi) is 37.7. The highest BCUT2D eigenvalue weighted by Gasteiger charge is 2.43. The van der Waals surface area contributed by atoms with Gasteiger partial charge in [-0.15, -0.1) is 0 Å². The number of unbranched alkanes of at least 4 members (excludes halogenated alkanes) is 8. The Labute approximate surface area is 494 Å². The van der Waals surface area contributed by atoms with E-state index in [4.69, 9.17) is 37.9 Å². The first-order chi connectivity index (χ1) is 39.6. The minimum Gasteiger partial charge on any atom is -0.460 e. The number of alkyl halides is 3. The number of ether oxygens (including phenoxy) is 9. The third kappa shape index (κ3) is 38.6. The van der Waals surface area contributed by atoms with Crippen LogP contribution in [0.5, 0.6) is 0 Å². The van der Waals surface area contributed by atoms with E-state index in [1.807, 2.05) is 6.92 Å². The van der Waals surface area contributed by atoms with Crippen molar-refractivity contribution in [3.05, 3.63) is 24.3 Å². The summed E-state index contributed by atoms with van der Waals surface area (Å²) >= 11 is 0. The highest BCUT2D eigenvalue weighted by atomic mass is 19.1. The van der Waals surface area contributed by atoms with Crippen molar-refractivity contribution in [2.75, 3.05) is 99.0 Å². The molecular formula is C58H99F3N6O17. The van der Waals surface area contributed by atoms with Gasteiger partial charge in [0.1, 0.15) is 39.8 Å². The van der Waals surface area contributed by atoms with Crippen molar-refractivity contribution in [1.82, 2.24) is 31.9 Å². The molecule has 0 saturated heterocycles. The normalized spacial score (nSPS) is 19.6. The van der Waals surface area contributed by atoms with E-state index in [1.165, 1.54) is 0 Å². The van der Waals surface area contributed by atoms with Crippen LogP contribution in [0.1, 0.15) is 158 Å². The Morgan fingerprint density at radius 3 is 1.13 bits per heavy atom. The van der Waals surface area contributed by atoms with Crippen molar-refractivity contribution in [3.8, 4) is 0 Å². The summed E-state index contributed by atoms with van der Waals surface area (Å²) in [5.74, 6) is -1.01. The Hall–Kier alpha value is -6.21. The van der Waals surface area contributed by atoms with Gasteiger partial charge in [0.15, 0.2) is 0 Å². The second-order valence-electron chi connectivity index (χ2n) is 23.7. The number of alkyl carbamates (subject to hydrolysis) is 6. The average Bonchev–Trinajstić information content (AvgIpc) is 3.62. The third-order valence-electron chi connectivity index (χ3n) is 13.3. The first kappa shape index (κ1) is 75.8. The van der Waals surface area contributed by atoms with E-state index >= 15 is 0 Å². The summed E-state index contributed by atoms with van der Waals surface area (Å²) in [7, 11) is 0. The molecule has 0 bridgehead atoms. The fraction of sp³-hybridized carbons (Fsp3) is 0.793. The molecule has 2 rings (SSSR count). The van der Waals surface area contributed by atoms with Crippen molar-refractivity contribution in [1.29, 1.82) is 0 Å². The number of carbonyl (C=O) groups is 8. The summed E-state index contributed by atoms with van der Waals surface area (Å²) in [5.41, 5.74) is -0.142. The second kappa shape index (κ2) is 41.7. The molecule has 2 aliphatic rings. The Morgan fingerprint density at radius 2 is 0.774 bits per heavy atom. The maximum atomic E-state index is 13.5. The predicted molar refractivity (Wildman–Crippen MR) is 306 cm³/mol. The van der Waals surface area contributed by atoms with Crippen LogP contribution in [-0.4, -0.2) is 166 Å². The average molecular weight is 1210 g/mol. The van der Waals surface area contributed by atoms with E-state index in [-0.39, 0.29) is 79.9 Å². The van der Waals surface area contributed by atoms with Crippen molar-refractivity contribution < 1.29 is 94.2 Å². The molecule has 0 aromatic carbocycles. The van der Waals surface area contributed by atoms with Gasteiger partial charge in [-0.3, -0.25) is 0 Å². The summed E-state index contributed by atoms with van der Waals surface area (Å²) in [6.07, 6.45) is 7.14. The molecule has 6 N–H and O–H groups in total. The second-order valence-corrected chi connectivity index (χ2v) is 23.7. The predicted octanol–water partition coefficient (Wildman–Crippen LogP) is 9.89. The Balaban J connectivity index is 0.000000844. The maximum Gasteiger partial charge on any atom is 0.407 e. The molecule has 23 nitrogen and oxygen atoms in total. The molecule has 0 aromatic heterocycles. The summed E-state index contributed by atoms with van der Waals surface area (Å²) < 4.78 is 82.5. The number of rotatable bonds is 37. The van der Waals surface area contributed by atoms with Gasteiger partial charge in [-0.05, 0) is 99.7 Å². The molecule has 5 unspecified atom stereocenters. The first-order valence-corrected chi connectivity index (χ1v) is 29.1. The molecule has 0 aliphatic heterocycles. The van der Waals surface area contributed by atoms with Crippen molar-refractivity contribution in [3.63, 3.8) is 0 Å². The van der Waals surface area contributed by atoms with Crippen molar-refractivity contribution in [2.45, 2.75) is 177 Å². The Bertz CT molecular complexity index is 2040. The number of amides is 6. The lowest BCUT2D eigenvalue weighted by Gasteiger charge is -2.46. The van der Waals surface area contributed by atoms with Gasteiger partial charge in [0.25, 0.3) is 0 Å². The van der Waals surface area contributed by atoms with Crippen LogP contribution in [0.15, 0.2) is 24.3 Å². The summed E-state index contributed by atoms with van der Waals surface area (Å²) in [6, 6.07) is -0.367. The maximum absolute atomic E-state index is 13.5. The molecule has 2 aliphatic carbocycles. The molecule has 6 amide bonds. The van der Waals surface area contributed by atoms with E-state index in [1.54, 1.807) is 13.8 Å². The zero-order valence-electron chi connectivity index (χ0n) is 51.1. The topological polar surface area (TPSA) is 292 Å². The third-order valence-corrected chi connectivity index (χ3v) is 13.3. The zero-order valence-corrected chi connectivity index (χ0v) is 51.1. The van der Waals surface area contributed by atoms with E-state index in [9.17, 15) is 51.5 Å². The minimum atomic E-state index is -1.89. The fourth-order valence-electron chi connectivity index (χ4n) is 10.4. The molecule has 2 saturated carbocycles. The number of nitrogens with one attached hydrogen (secondary N) is 6. The van der Waals surface area contributed by atoms with Gasteiger partial charge in [-0.2, -0.15) is 0 Å². The smallest absolute Gasteiger partial charge is 0.407 e. The van der Waals surface area contributed by atoms with Crippen LogP contribution in [0, 0.1) is 21.7 Å². The van der Waals surface area contributed by atoms with Crippen LogP contribution in [0.25, 0.3) is 0 Å². The van der Waals surface area contributed by atoms with Gasteiger partial charge in [-0.1, -0.05) is 93.2 Å². The largest absolute Gasteiger partial charge is 0.460 e. The quantitative estimate of drug-likeness (QED) is 0.0146. The molecular weight excluding hydrogens is 1110 g/mol. The van der Waals surface area contributed by atoms with Gasteiger partial charge in [0.05, 0.1) is 46.1 Å². The van der Waals surface area contributed by atoms with Gasteiger partial charge in [0, 0.05) is 36.3 Å². The van der Waals surface area contributed by atoms with Gasteiger partial charge in [0.2, 0.25) is 6.36 Å². The SMILES string of the molecule is C=C(C)C(=O)OCCNC(=O)OCCCCCCCOC(=O)NCC1(C)CC(NC(=O)OCC(F)OCCF)CC(C)(C)C1.C=C(C)C(=O)OCCNC(=O)OCCCCCCCOC(=O)NCC1(C)CC(NC(=O)OCCF)CC(C)(C)C1. The monoisotopic (exact) mass is 1210 g/mol. The van der Waals surface area contributed by atoms with E-state index in [0.717, 1.165) is 70.6 Å². The van der Waals surface area contributed by atoms with Crippen LogP contribution in [-0.2, 0) is 52.2 Å².